The van der Waals surface area contributed by atoms with Crippen molar-refractivity contribution in [3.63, 3.8) is 0 Å². The number of carbonyl (C=O) groups is 1. The predicted molar refractivity (Wildman–Crippen MR) is 83.6 cm³/mol. The molecule has 3 nitrogen and oxygen atoms in total. The fraction of sp³-hybridized carbons (Fsp3) is 0.294. The number of amides is 1. The number of aryl methyl sites for hydroxylation is 1. The van der Waals surface area contributed by atoms with Crippen LogP contribution >= 0.6 is 11.6 Å². The first-order valence-electron chi connectivity index (χ1n) is 7.10. The molecule has 1 unspecified atom stereocenters. The quantitative estimate of drug-likeness (QED) is 0.852. The largest absolute Gasteiger partial charge is 0.337 e. The first kappa shape index (κ1) is 14.1. The lowest BCUT2D eigenvalue weighted by Crippen LogP contribution is -2.40. The molecule has 0 N–H and O–H groups in total. The molecule has 1 atom stereocenters. The average Bonchev–Trinajstić information content (AvgIpc) is 2.53. The van der Waals surface area contributed by atoms with Crippen LogP contribution in [0.3, 0.4) is 0 Å². The number of nitrogens with zero attached hydrogens (tertiary/aromatic N) is 2. The van der Waals surface area contributed by atoms with Gasteiger partial charge in [0.15, 0.2) is 0 Å². The maximum absolute atomic E-state index is 12.5. The fourth-order valence-corrected chi connectivity index (χ4v) is 3.04. The van der Waals surface area contributed by atoms with E-state index in [9.17, 15) is 4.79 Å². The minimum absolute atomic E-state index is 0.0677. The Morgan fingerprint density at radius 2 is 2.05 bits per heavy atom. The van der Waals surface area contributed by atoms with Crippen LogP contribution in [0.25, 0.3) is 0 Å². The van der Waals surface area contributed by atoms with E-state index in [0.717, 1.165) is 19.3 Å². The van der Waals surface area contributed by atoms with E-state index in [-0.39, 0.29) is 11.9 Å². The summed E-state index contributed by atoms with van der Waals surface area (Å²) in [4.78, 5) is 18.4. The fourth-order valence-electron chi connectivity index (χ4n) is 2.88. The van der Waals surface area contributed by atoms with Gasteiger partial charge < -0.3 is 4.90 Å². The maximum Gasteiger partial charge on any atom is 0.272 e. The molecule has 21 heavy (non-hydrogen) atoms. The summed E-state index contributed by atoms with van der Waals surface area (Å²) in [6.07, 6.45) is 4.47. The molecule has 0 radical (unpaired) electrons. The molecular formula is C17H17ClN2O. The van der Waals surface area contributed by atoms with Crippen LogP contribution in [0, 0.1) is 0 Å². The van der Waals surface area contributed by atoms with E-state index >= 15 is 0 Å². The molecule has 1 amide bonds. The van der Waals surface area contributed by atoms with Crippen LogP contribution in [0.4, 0.5) is 0 Å². The Hall–Kier alpha value is -1.87. The Kier molecular flexibility index (Phi) is 3.93. The summed E-state index contributed by atoms with van der Waals surface area (Å²) in [7, 11) is 1.85. The molecule has 2 aromatic rings. The maximum atomic E-state index is 12.5. The molecule has 0 spiro atoms. The van der Waals surface area contributed by atoms with Crippen LogP contribution in [-0.2, 0) is 12.8 Å². The second-order valence-electron chi connectivity index (χ2n) is 5.44. The molecule has 1 aliphatic rings. The van der Waals surface area contributed by atoms with E-state index in [1.165, 1.54) is 11.1 Å². The van der Waals surface area contributed by atoms with Gasteiger partial charge in [-0.1, -0.05) is 35.9 Å². The van der Waals surface area contributed by atoms with Crippen molar-refractivity contribution in [3.05, 3.63) is 64.4 Å². The molecule has 1 heterocycles. The summed E-state index contributed by atoms with van der Waals surface area (Å²) in [6.45, 7) is 0. The van der Waals surface area contributed by atoms with Crippen molar-refractivity contribution < 1.29 is 4.79 Å². The highest BCUT2D eigenvalue weighted by molar-refractivity contribution is 6.30. The summed E-state index contributed by atoms with van der Waals surface area (Å²) >= 11 is 5.94. The molecule has 4 heteroatoms. The summed E-state index contributed by atoms with van der Waals surface area (Å²) in [5, 5.41) is 0.538. The second-order valence-corrected chi connectivity index (χ2v) is 5.88. The highest BCUT2D eigenvalue weighted by Crippen LogP contribution is 2.24. The molecule has 1 aromatic heterocycles. The number of fused-ring (bicyclic) bond motifs is 1. The van der Waals surface area contributed by atoms with Gasteiger partial charge in [0, 0.05) is 24.3 Å². The number of pyridine rings is 1. The normalized spacial score (nSPS) is 17.1. The topological polar surface area (TPSA) is 33.2 Å². The zero-order valence-corrected chi connectivity index (χ0v) is 12.7. The molecule has 0 saturated carbocycles. The first-order valence-corrected chi connectivity index (χ1v) is 7.48. The van der Waals surface area contributed by atoms with E-state index in [1.54, 1.807) is 23.2 Å². The van der Waals surface area contributed by atoms with Crippen LogP contribution in [0.5, 0.6) is 0 Å². The van der Waals surface area contributed by atoms with E-state index in [2.05, 4.69) is 29.2 Å². The Morgan fingerprint density at radius 1 is 1.29 bits per heavy atom. The van der Waals surface area contributed by atoms with E-state index in [4.69, 9.17) is 11.6 Å². The Bertz CT molecular complexity index is 671. The summed E-state index contributed by atoms with van der Waals surface area (Å²) in [5.74, 6) is -0.0677. The van der Waals surface area contributed by atoms with Crippen molar-refractivity contribution >= 4 is 17.5 Å². The lowest BCUT2D eigenvalue weighted by Gasteiger charge is -2.32. The predicted octanol–water partition coefficient (Wildman–Crippen LogP) is 3.36. The zero-order chi connectivity index (χ0) is 14.8. The van der Waals surface area contributed by atoms with E-state index in [0.29, 0.717) is 10.7 Å². The molecule has 1 aliphatic carbocycles. The molecule has 0 aliphatic heterocycles. The zero-order valence-electron chi connectivity index (χ0n) is 11.9. The minimum atomic E-state index is -0.0677. The number of rotatable bonds is 2. The van der Waals surface area contributed by atoms with Gasteiger partial charge in [0.05, 0.1) is 0 Å². The van der Waals surface area contributed by atoms with Gasteiger partial charge in [-0.25, -0.2) is 0 Å². The van der Waals surface area contributed by atoms with Gasteiger partial charge in [-0.3, -0.25) is 9.78 Å². The van der Waals surface area contributed by atoms with Crippen molar-refractivity contribution in [3.8, 4) is 0 Å². The van der Waals surface area contributed by atoms with Gasteiger partial charge >= 0.3 is 0 Å². The van der Waals surface area contributed by atoms with Crippen LogP contribution in [0.2, 0.25) is 5.02 Å². The Balaban J connectivity index is 1.77. The number of hydrogen-bond donors (Lipinski definition) is 0. The highest BCUT2D eigenvalue weighted by Gasteiger charge is 2.26. The number of hydrogen-bond acceptors (Lipinski definition) is 2. The van der Waals surface area contributed by atoms with Crippen molar-refractivity contribution in [2.24, 2.45) is 0 Å². The molecule has 0 fully saturated rings. The van der Waals surface area contributed by atoms with Crippen molar-refractivity contribution in [1.82, 2.24) is 9.88 Å². The molecule has 108 valence electrons. The third-order valence-electron chi connectivity index (χ3n) is 4.13. The lowest BCUT2D eigenvalue weighted by molar-refractivity contribution is 0.0713. The van der Waals surface area contributed by atoms with Gasteiger partial charge in [0.1, 0.15) is 5.69 Å². The van der Waals surface area contributed by atoms with Gasteiger partial charge in [-0.05, 0) is 42.5 Å². The number of likely N-dealkylation sites (N-methyl/N-ethyl adjacent to an activating group) is 1. The van der Waals surface area contributed by atoms with Crippen LogP contribution in [0.1, 0.15) is 28.0 Å². The third kappa shape index (κ3) is 2.93. The average molecular weight is 301 g/mol. The van der Waals surface area contributed by atoms with Gasteiger partial charge in [0.25, 0.3) is 5.91 Å². The van der Waals surface area contributed by atoms with E-state index < -0.39 is 0 Å². The Labute approximate surface area is 129 Å². The summed E-state index contributed by atoms with van der Waals surface area (Å²) in [5.41, 5.74) is 3.15. The SMILES string of the molecule is CN(C(=O)c1cc(Cl)ccn1)C1CCc2ccccc2C1. The molecule has 1 aromatic carbocycles. The standard InChI is InChI=1S/C17H17ClN2O/c1-20(17(21)16-11-14(18)8-9-19-16)15-7-6-12-4-2-3-5-13(12)10-15/h2-5,8-9,11,15H,6-7,10H2,1H3. The van der Waals surface area contributed by atoms with Crippen LogP contribution < -0.4 is 0 Å². The molecule has 0 saturated heterocycles. The smallest absolute Gasteiger partial charge is 0.272 e. The molecule has 3 rings (SSSR count). The molecule has 0 bridgehead atoms. The minimum Gasteiger partial charge on any atom is -0.337 e. The lowest BCUT2D eigenvalue weighted by atomic mass is 9.87. The van der Waals surface area contributed by atoms with Crippen LogP contribution in [-0.4, -0.2) is 28.9 Å². The third-order valence-corrected chi connectivity index (χ3v) is 4.37. The highest BCUT2D eigenvalue weighted by atomic mass is 35.5. The summed E-state index contributed by atoms with van der Waals surface area (Å²) < 4.78 is 0. The number of benzene rings is 1. The Morgan fingerprint density at radius 3 is 2.81 bits per heavy atom. The van der Waals surface area contributed by atoms with Crippen LogP contribution in [0.15, 0.2) is 42.6 Å². The second kappa shape index (κ2) is 5.86. The molecular weight excluding hydrogens is 284 g/mol. The monoisotopic (exact) mass is 300 g/mol. The van der Waals surface area contributed by atoms with Gasteiger partial charge in [0.2, 0.25) is 0 Å². The van der Waals surface area contributed by atoms with Crippen molar-refractivity contribution in [1.29, 1.82) is 0 Å². The van der Waals surface area contributed by atoms with Crippen molar-refractivity contribution in [2.45, 2.75) is 25.3 Å². The first-order chi connectivity index (χ1) is 10.1. The van der Waals surface area contributed by atoms with Gasteiger partial charge in [-0.15, -0.1) is 0 Å². The summed E-state index contributed by atoms with van der Waals surface area (Å²) in [6, 6.07) is 12.0. The number of carbonyl (C=O) groups excluding carboxylic acids is 1. The number of halogens is 1. The number of aromatic nitrogens is 1. The van der Waals surface area contributed by atoms with E-state index in [1.807, 2.05) is 7.05 Å². The van der Waals surface area contributed by atoms with Gasteiger partial charge in [-0.2, -0.15) is 0 Å². The van der Waals surface area contributed by atoms with Crippen molar-refractivity contribution in [2.75, 3.05) is 7.05 Å².